The molecule has 0 aliphatic rings. The van der Waals surface area contributed by atoms with Crippen molar-refractivity contribution in [1.29, 1.82) is 0 Å². The molecule has 0 fully saturated rings. The summed E-state index contributed by atoms with van der Waals surface area (Å²) < 4.78 is 0. The highest BCUT2D eigenvalue weighted by molar-refractivity contribution is 6.76. The number of hydrogen-bond donors (Lipinski definition) is 1. The van der Waals surface area contributed by atoms with Gasteiger partial charge in [0, 0.05) is 8.07 Å². The van der Waals surface area contributed by atoms with Crippen LogP contribution in [0.4, 0.5) is 0 Å². The van der Waals surface area contributed by atoms with Crippen LogP contribution < -0.4 is 0 Å². The Balaban J connectivity index is 4.19. The Labute approximate surface area is 102 Å². The van der Waals surface area contributed by atoms with E-state index in [0.29, 0.717) is 5.92 Å². The summed E-state index contributed by atoms with van der Waals surface area (Å²) in [5, 5.41) is 9.84. The van der Waals surface area contributed by atoms with Crippen molar-refractivity contribution in [3.63, 3.8) is 0 Å². The molecule has 1 N–H and O–H groups in total. The SMILES string of the molecule is C/C=C/C(O)[C@@H](C)[C@H](C)/C=C/C[Si](C)(C)C. The molecular weight excluding hydrogens is 212 g/mol. The molecule has 0 amide bonds. The summed E-state index contributed by atoms with van der Waals surface area (Å²) in [6, 6.07) is 1.23. The molecule has 0 saturated heterocycles. The Morgan fingerprint density at radius 2 is 1.69 bits per heavy atom. The number of allylic oxidation sites excluding steroid dienone is 3. The fraction of sp³-hybridized carbons (Fsp3) is 0.714. The van der Waals surface area contributed by atoms with Gasteiger partial charge in [-0.25, -0.2) is 0 Å². The van der Waals surface area contributed by atoms with Crippen molar-refractivity contribution in [2.24, 2.45) is 11.8 Å². The largest absolute Gasteiger partial charge is 0.389 e. The molecule has 0 aromatic carbocycles. The number of hydrogen-bond acceptors (Lipinski definition) is 1. The van der Waals surface area contributed by atoms with E-state index in [9.17, 15) is 5.11 Å². The van der Waals surface area contributed by atoms with Crippen molar-refractivity contribution in [3.8, 4) is 0 Å². The first kappa shape index (κ1) is 15.7. The first-order chi connectivity index (χ1) is 7.28. The standard InChI is InChI=1S/C14H28OSi/c1-7-9-14(15)13(3)12(2)10-8-11-16(4,5)6/h7-10,12-15H,11H2,1-6H3/b9-7+,10-8+/t12-,13+,14?/m1/s1. The fourth-order valence-electron chi connectivity index (χ4n) is 1.49. The van der Waals surface area contributed by atoms with Gasteiger partial charge < -0.3 is 5.11 Å². The Morgan fingerprint density at radius 3 is 2.12 bits per heavy atom. The first-order valence-corrected chi connectivity index (χ1v) is 9.96. The summed E-state index contributed by atoms with van der Waals surface area (Å²) in [5.41, 5.74) is 0. The second-order valence-electron chi connectivity index (χ2n) is 5.93. The van der Waals surface area contributed by atoms with Gasteiger partial charge >= 0.3 is 0 Å². The van der Waals surface area contributed by atoms with E-state index >= 15 is 0 Å². The maximum atomic E-state index is 9.84. The zero-order chi connectivity index (χ0) is 12.8. The van der Waals surface area contributed by atoms with Crippen molar-refractivity contribution in [3.05, 3.63) is 24.3 Å². The molecule has 2 heteroatoms. The van der Waals surface area contributed by atoms with E-state index in [1.165, 1.54) is 6.04 Å². The van der Waals surface area contributed by atoms with E-state index in [0.717, 1.165) is 0 Å². The summed E-state index contributed by atoms with van der Waals surface area (Å²) in [4.78, 5) is 0. The van der Waals surface area contributed by atoms with Crippen LogP contribution in [0.2, 0.25) is 25.7 Å². The molecule has 94 valence electrons. The van der Waals surface area contributed by atoms with E-state index < -0.39 is 8.07 Å². The zero-order valence-corrected chi connectivity index (χ0v) is 12.7. The van der Waals surface area contributed by atoms with Gasteiger partial charge in [0.2, 0.25) is 0 Å². The van der Waals surface area contributed by atoms with Crippen molar-refractivity contribution in [2.75, 3.05) is 0 Å². The third-order valence-electron chi connectivity index (χ3n) is 2.93. The molecule has 0 aromatic rings. The van der Waals surface area contributed by atoms with E-state index in [-0.39, 0.29) is 12.0 Å². The lowest BCUT2D eigenvalue weighted by Gasteiger charge is -2.21. The van der Waals surface area contributed by atoms with Gasteiger partial charge in [0.05, 0.1) is 6.10 Å². The fourth-order valence-corrected chi connectivity index (χ4v) is 2.34. The van der Waals surface area contributed by atoms with Gasteiger partial charge in [-0.2, -0.15) is 0 Å². The topological polar surface area (TPSA) is 20.2 Å². The second-order valence-corrected chi connectivity index (χ2v) is 11.5. The van der Waals surface area contributed by atoms with Gasteiger partial charge in [-0.3, -0.25) is 0 Å². The summed E-state index contributed by atoms with van der Waals surface area (Å²) >= 11 is 0. The minimum atomic E-state index is -0.964. The summed E-state index contributed by atoms with van der Waals surface area (Å²) in [5.74, 6) is 0.719. The maximum Gasteiger partial charge on any atom is 0.0751 e. The van der Waals surface area contributed by atoms with Crippen LogP contribution in [0.3, 0.4) is 0 Å². The summed E-state index contributed by atoms with van der Waals surface area (Å²) in [7, 11) is -0.964. The smallest absolute Gasteiger partial charge is 0.0751 e. The Bertz CT molecular complexity index is 238. The van der Waals surface area contributed by atoms with E-state index in [4.69, 9.17) is 0 Å². The van der Waals surface area contributed by atoms with Crippen LogP contribution in [0.15, 0.2) is 24.3 Å². The van der Waals surface area contributed by atoms with E-state index in [1.807, 2.05) is 19.1 Å². The van der Waals surface area contributed by atoms with Crippen LogP contribution >= 0.6 is 0 Å². The third-order valence-corrected chi connectivity index (χ3v) is 4.39. The van der Waals surface area contributed by atoms with Crippen molar-refractivity contribution < 1.29 is 5.11 Å². The maximum absolute atomic E-state index is 9.84. The van der Waals surface area contributed by atoms with Crippen LogP contribution in [0.25, 0.3) is 0 Å². The van der Waals surface area contributed by atoms with Gasteiger partial charge in [-0.1, -0.05) is 57.8 Å². The van der Waals surface area contributed by atoms with Crippen molar-refractivity contribution in [2.45, 2.75) is 52.6 Å². The van der Waals surface area contributed by atoms with Gasteiger partial charge in [0.25, 0.3) is 0 Å². The molecule has 0 spiro atoms. The Hall–Kier alpha value is -0.343. The lowest BCUT2D eigenvalue weighted by atomic mass is 9.90. The molecule has 0 saturated carbocycles. The van der Waals surface area contributed by atoms with Gasteiger partial charge in [-0.15, -0.1) is 0 Å². The quantitative estimate of drug-likeness (QED) is 0.548. The van der Waals surface area contributed by atoms with Crippen LogP contribution in [0.5, 0.6) is 0 Å². The van der Waals surface area contributed by atoms with Crippen LogP contribution in [-0.2, 0) is 0 Å². The van der Waals surface area contributed by atoms with E-state index in [1.54, 1.807) is 0 Å². The predicted molar refractivity (Wildman–Crippen MR) is 76.4 cm³/mol. The van der Waals surface area contributed by atoms with Crippen molar-refractivity contribution >= 4 is 8.07 Å². The molecule has 1 unspecified atom stereocenters. The zero-order valence-electron chi connectivity index (χ0n) is 11.7. The number of aliphatic hydroxyl groups is 1. The first-order valence-electron chi connectivity index (χ1n) is 6.25. The van der Waals surface area contributed by atoms with Gasteiger partial charge in [0.15, 0.2) is 0 Å². The summed E-state index contributed by atoms with van der Waals surface area (Å²) in [6.45, 7) is 13.4. The molecule has 0 bridgehead atoms. The molecule has 3 atom stereocenters. The monoisotopic (exact) mass is 240 g/mol. The highest BCUT2D eigenvalue weighted by Crippen LogP contribution is 2.19. The third kappa shape index (κ3) is 7.02. The molecule has 0 aliphatic carbocycles. The highest BCUT2D eigenvalue weighted by atomic mass is 28.3. The molecule has 0 heterocycles. The van der Waals surface area contributed by atoms with Crippen LogP contribution in [-0.4, -0.2) is 19.3 Å². The molecule has 0 aromatic heterocycles. The Kier molecular flexibility index (Phi) is 6.92. The van der Waals surface area contributed by atoms with Gasteiger partial charge in [-0.05, 0) is 24.8 Å². The number of aliphatic hydroxyl groups excluding tert-OH is 1. The molecule has 0 radical (unpaired) electrons. The second kappa shape index (κ2) is 7.07. The van der Waals surface area contributed by atoms with Crippen LogP contribution in [0, 0.1) is 11.8 Å². The lowest BCUT2D eigenvalue weighted by molar-refractivity contribution is 0.141. The predicted octanol–water partition coefficient (Wildman–Crippen LogP) is 4.09. The van der Waals surface area contributed by atoms with Crippen molar-refractivity contribution in [1.82, 2.24) is 0 Å². The molecule has 0 aliphatic heterocycles. The highest BCUT2D eigenvalue weighted by Gasteiger charge is 2.16. The average molecular weight is 240 g/mol. The molecule has 0 rings (SSSR count). The van der Waals surface area contributed by atoms with Gasteiger partial charge in [0.1, 0.15) is 0 Å². The minimum Gasteiger partial charge on any atom is -0.389 e. The normalized spacial score (nSPS) is 19.2. The lowest BCUT2D eigenvalue weighted by Crippen LogP contribution is -2.21. The Morgan fingerprint density at radius 1 is 1.12 bits per heavy atom. The average Bonchev–Trinajstić information content (AvgIpc) is 2.14. The molecular formula is C14H28OSi. The van der Waals surface area contributed by atoms with E-state index in [2.05, 4.69) is 45.6 Å². The minimum absolute atomic E-state index is 0.286. The molecule has 1 nitrogen and oxygen atoms in total. The molecule has 16 heavy (non-hydrogen) atoms. The summed E-state index contributed by atoms with van der Waals surface area (Å²) in [6.07, 6.45) is 8.02. The number of rotatable bonds is 6. The van der Waals surface area contributed by atoms with Crippen LogP contribution in [0.1, 0.15) is 20.8 Å².